The van der Waals surface area contributed by atoms with Crippen LogP contribution >= 0.6 is 0 Å². The maximum Gasteiger partial charge on any atom is 0.416 e. The van der Waals surface area contributed by atoms with Crippen molar-refractivity contribution in [3.63, 3.8) is 0 Å². The van der Waals surface area contributed by atoms with E-state index in [1.807, 2.05) is 45.2 Å². The number of rotatable bonds is 19. The lowest BCUT2D eigenvalue weighted by atomic mass is 9.89. The molecule has 25 nitrogen and oxygen atoms in total. The number of carbonyl (C=O) groups excluding carboxylic acids is 4. The van der Waals surface area contributed by atoms with Gasteiger partial charge in [-0.3, -0.25) is 34.1 Å². The Balaban J connectivity index is 0.000000185. The van der Waals surface area contributed by atoms with E-state index in [1.165, 1.54) is 30.7 Å². The Labute approximate surface area is 604 Å². The van der Waals surface area contributed by atoms with Crippen molar-refractivity contribution < 1.29 is 68.7 Å². The summed E-state index contributed by atoms with van der Waals surface area (Å²) in [6.07, 6.45) is 1.00. The highest BCUT2D eigenvalue weighted by molar-refractivity contribution is 6.45. The average molecular weight is 1470 g/mol. The van der Waals surface area contributed by atoms with Crippen molar-refractivity contribution in [3.8, 4) is 22.5 Å². The van der Waals surface area contributed by atoms with Gasteiger partial charge in [0.2, 0.25) is 29.6 Å². The van der Waals surface area contributed by atoms with Gasteiger partial charge in [0.15, 0.2) is 11.7 Å². The number of fused-ring (bicyclic) bond motifs is 7. The Bertz CT molecular complexity index is 4580. The Hall–Kier alpha value is -10.9. The number of nitrogens with one attached hydrogen (secondary N) is 7. The van der Waals surface area contributed by atoms with Gasteiger partial charge in [-0.15, -0.1) is 0 Å². The standard InChI is InChI=1S/C23H24BF3N6O2.C22H21F3N6O.C14H13F3N2O2.C11H20BN5O/c1-13-18(8-14(11-28-13)4-3-7-30-24(2)35)32-22-29-12-15-9-20(34)31-19-10-16(23(25,26)27)5-6-17(19)21(15)33-22;1-12-17(7-13(10-27-12)3-2-6-26)30-21-28-11-14-8-19(32)29-18-9-15(22(23,24)25)4-5-16(18)20(14)31-21;1-19(2)7-8-5-12(20)18-11-6-9(14(15,16)17)3-4-10(11)13(8)21;1-8-10(17-11(13)14)6-9(7-15-8)4-3-5-16-12(2)18/h5-6,8,10-12,30,35H,3-4,7,9H2,1-2H3,(H,31,34)(H,29,32,33);4-5,7,9-11H,2-3,6,8,26H2,1H3,(H,29,32)(H,28,30,31);3-4,6-7H,5H2,1-2H3,(H,18,20);6-7,16,18H,3-5H2,1-2H3,(H4,13,14,17)/b;;8-7+;. The van der Waals surface area contributed by atoms with Crippen molar-refractivity contribution in [2.45, 2.75) is 111 Å². The maximum atomic E-state index is 13.2. The maximum absolute atomic E-state index is 13.2. The number of nitrogens with zero attached hydrogens (tertiary/aromatic N) is 9. The number of hydrogen-bond acceptors (Lipinski definition) is 20. The Morgan fingerprint density at radius 1 is 0.547 bits per heavy atom. The second-order valence-electron chi connectivity index (χ2n) is 25.1. The third-order valence-corrected chi connectivity index (χ3v) is 16.1. The molecule has 0 spiro atoms. The van der Waals surface area contributed by atoms with Gasteiger partial charge in [-0.05, 0) is 170 Å². The zero-order valence-corrected chi connectivity index (χ0v) is 58.7. The van der Waals surface area contributed by atoms with Gasteiger partial charge >= 0.3 is 32.6 Å². The molecule has 0 saturated heterocycles. The zero-order valence-electron chi connectivity index (χ0n) is 58.7. The lowest BCUT2D eigenvalue weighted by Gasteiger charge is -2.14. The highest BCUT2D eigenvalue weighted by atomic mass is 19.4. The number of aromatic nitrogens is 7. The van der Waals surface area contributed by atoms with E-state index in [2.05, 4.69) is 76.9 Å². The first-order valence-corrected chi connectivity index (χ1v) is 33.2. The van der Waals surface area contributed by atoms with Gasteiger partial charge in [0.25, 0.3) is 0 Å². The Kier molecular flexibility index (Phi) is 27.2. The number of guanidine groups is 1. The molecule has 0 radical (unpaired) electrons. The highest BCUT2D eigenvalue weighted by Gasteiger charge is 2.36. The van der Waals surface area contributed by atoms with Gasteiger partial charge < -0.3 is 69.2 Å². The van der Waals surface area contributed by atoms with Crippen LogP contribution in [0.15, 0.2) is 121 Å². The molecule has 558 valence electrons. The molecule has 8 aromatic rings. The van der Waals surface area contributed by atoms with Gasteiger partial charge in [0, 0.05) is 84.7 Å². The number of alkyl halides is 9. The third kappa shape index (κ3) is 23.0. The smallest absolute Gasteiger partial charge is 0.416 e. The van der Waals surface area contributed by atoms with Crippen LogP contribution in [-0.4, -0.2) is 127 Å². The summed E-state index contributed by atoms with van der Waals surface area (Å²) in [6, 6.07) is 15.0. The molecular weight excluding hydrogens is 1400 g/mol. The fourth-order valence-corrected chi connectivity index (χ4v) is 10.9. The molecule has 0 saturated carbocycles. The summed E-state index contributed by atoms with van der Waals surface area (Å²) in [5.74, 6) is -1.31. The minimum Gasteiger partial charge on any atom is -0.437 e. The molecule has 15 N–H and O–H groups in total. The normalized spacial score (nSPS) is 13.4. The molecule has 3 amide bonds. The molecule has 8 heterocycles. The molecule has 0 atom stereocenters. The zero-order chi connectivity index (χ0) is 77.4. The molecule has 0 aliphatic carbocycles. The molecule has 0 unspecified atom stereocenters. The van der Waals surface area contributed by atoms with Crippen LogP contribution in [0.2, 0.25) is 13.6 Å². The Morgan fingerprint density at radius 2 is 0.934 bits per heavy atom. The summed E-state index contributed by atoms with van der Waals surface area (Å²) >= 11 is 0. The fourth-order valence-electron chi connectivity index (χ4n) is 10.9. The van der Waals surface area contributed by atoms with E-state index >= 15 is 0 Å². The van der Waals surface area contributed by atoms with Crippen molar-refractivity contribution in [2.75, 3.05) is 60.3 Å². The highest BCUT2D eigenvalue weighted by Crippen LogP contribution is 2.41. The van der Waals surface area contributed by atoms with Crippen LogP contribution in [0.25, 0.3) is 22.5 Å². The first-order chi connectivity index (χ1) is 50.0. The lowest BCUT2D eigenvalue weighted by Crippen LogP contribution is -2.31. The number of nitrogens with two attached hydrogens (primary N) is 3. The first kappa shape index (κ1) is 80.7. The van der Waals surface area contributed by atoms with Crippen LogP contribution in [0.4, 0.5) is 85.5 Å². The monoisotopic (exact) mass is 1470 g/mol. The molecule has 36 heteroatoms. The average Bonchev–Trinajstić information content (AvgIpc) is 0.834. The summed E-state index contributed by atoms with van der Waals surface area (Å²) in [5.41, 5.74) is 24.1. The van der Waals surface area contributed by atoms with Crippen LogP contribution in [0.1, 0.15) is 97.6 Å². The molecular formula is C70H78B2F9N19O6. The summed E-state index contributed by atoms with van der Waals surface area (Å²) < 4.78 is 117. The van der Waals surface area contributed by atoms with Crippen LogP contribution in [0, 0.1) is 20.8 Å². The molecule has 3 aliphatic heterocycles. The van der Waals surface area contributed by atoms with E-state index in [9.17, 15) is 63.7 Å². The molecule has 11 rings (SSSR count). The van der Waals surface area contributed by atoms with E-state index in [0.29, 0.717) is 58.1 Å². The predicted molar refractivity (Wildman–Crippen MR) is 387 cm³/mol. The van der Waals surface area contributed by atoms with E-state index in [4.69, 9.17) is 22.2 Å². The summed E-state index contributed by atoms with van der Waals surface area (Å²) in [5, 5.41) is 38.0. The lowest BCUT2D eigenvalue weighted by molar-refractivity contribution is -0.138. The van der Waals surface area contributed by atoms with Crippen molar-refractivity contribution in [2.24, 2.45) is 22.2 Å². The summed E-state index contributed by atoms with van der Waals surface area (Å²) in [6.45, 7) is 10.9. The number of anilines is 7. The quantitative estimate of drug-likeness (QED) is 0.00893. The number of halogens is 9. The van der Waals surface area contributed by atoms with Gasteiger partial charge in [0.05, 0.1) is 98.5 Å². The van der Waals surface area contributed by atoms with Crippen molar-refractivity contribution in [1.29, 1.82) is 0 Å². The molecule has 3 aromatic carbocycles. The molecule has 0 fully saturated rings. The molecule has 3 aliphatic rings. The minimum atomic E-state index is -4.53. The van der Waals surface area contributed by atoms with Crippen molar-refractivity contribution >= 4 is 89.6 Å². The molecule has 0 bridgehead atoms. The number of ketones is 1. The van der Waals surface area contributed by atoms with Crippen LogP contribution in [0.3, 0.4) is 0 Å². The van der Waals surface area contributed by atoms with Crippen molar-refractivity contribution in [3.05, 3.63) is 183 Å². The molecule has 106 heavy (non-hydrogen) atoms. The topological polar surface area (TPSA) is 377 Å². The number of Topliss-reactive ketones (excluding diaryl/α,β-unsaturated/α-hetero) is 1. The van der Waals surface area contributed by atoms with Gasteiger partial charge in [-0.1, -0.05) is 12.1 Å². The van der Waals surface area contributed by atoms with E-state index in [1.54, 1.807) is 45.0 Å². The van der Waals surface area contributed by atoms with Crippen molar-refractivity contribution in [1.82, 2.24) is 50.2 Å². The minimum absolute atomic E-state index is 0.0350. The fraction of sp³-hybridized carbons (Fsp3) is 0.314. The number of carbonyl (C=O) groups is 4. The second kappa shape index (κ2) is 35.7. The summed E-state index contributed by atoms with van der Waals surface area (Å²) in [7, 11) is 2.34. The largest absolute Gasteiger partial charge is 0.437 e. The predicted octanol–water partition coefficient (Wildman–Crippen LogP) is 10.3. The van der Waals surface area contributed by atoms with Crippen LogP contribution in [0.5, 0.6) is 0 Å². The van der Waals surface area contributed by atoms with Gasteiger partial charge in [0.1, 0.15) is 0 Å². The summed E-state index contributed by atoms with van der Waals surface area (Å²) in [4.78, 5) is 84.9. The number of pyridine rings is 3. The van der Waals surface area contributed by atoms with E-state index in [0.717, 1.165) is 127 Å². The number of aliphatic imine (C=N–C) groups is 1. The van der Waals surface area contributed by atoms with E-state index in [-0.39, 0.29) is 65.3 Å². The van der Waals surface area contributed by atoms with Gasteiger partial charge in [-0.2, -0.15) is 39.5 Å². The Morgan fingerprint density at radius 3 is 1.33 bits per heavy atom. The third-order valence-electron chi connectivity index (χ3n) is 16.1. The van der Waals surface area contributed by atoms with E-state index < -0.39 is 72.8 Å². The van der Waals surface area contributed by atoms with Crippen LogP contribution < -0.4 is 54.2 Å². The number of hydrogen-bond donors (Lipinski definition) is 12. The second-order valence-corrected chi connectivity index (χ2v) is 25.1. The van der Waals surface area contributed by atoms with Crippen LogP contribution in [-0.2, 0) is 65.0 Å². The first-order valence-electron chi connectivity index (χ1n) is 33.2. The SMILES string of the molecule is CB(O)NCCCc1cnc(C)c(N=C(N)N)c1.CB(O)NCCCc1cnc(C)c(Nc2ncc3c(n2)-c2ccc(C(F)(F)F)cc2NC(=O)C3)c1.CN(C)/C=C1\CC(=O)Nc2cc(C(F)(F)F)ccc2C1=O.Cc1ncc(CCCN)cc1Nc1ncc2c(n1)-c1ccc(C(F)(F)F)cc1NC(=O)C2. The number of amides is 3. The van der Waals surface area contributed by atoms with Gasteiger partial charge in [-0.25, -0.2) is 24.9 Å². The number of aryl methyl sites for hydroxylation is 6. The molecule has 5 aromatic heterocycles. The number of benzene rings is 3.